The van der Waals surface area contributed by atoms with E-state index in [1.807, 2.05) is 45.0 Å². The Kier molecular flexibility index (Phi) is 6.37. The lowest BCUT2D eigenvalue weighted by atomic mass is 10.0. The highest BCUT2D eigenvalue weighted by molar-refractivity contribution is 6.30. The fraction of sp³-hybridized carbons (Fsp3) is 0.273. The van der Waals surface area contributed by atoms with Crippen LogP contribution in [0.4, 0.5) is 0 Å². The summed E-state index contributed by atoms with van der Waals surface area (Å²) in [5.74, 6) is 1.29. The number of aryl methyl sites for hydroxylation is 2. The number of hydrogen-bond donors (Lipinski definition) is 1. The van der Waals surface area contributed by atoms with Gasteiger partial charge >= 0.3 is 0 Å². The minimum Gasteiger partial charge on any atom is -0.489 e. The minimum atomic E-state index is -0.135. The van der Waals surface area contributed by atoms with Crippen LogP contribution in [-0.2, 0) is 6.61 Å². The van der Waals surface area contributed by atoms with E-state index in [1.54, 1.807) is 24.3 Å². The zero-order chi connectivity index (χ0) is 20.1. The third-order valence-corrected chi connectivity index (χ3v) is 4.88. The number of rotatable bonds is 7. The van der Waals surface area contributed by atoms with Gasteiger partial charge in [-0.25, -0.2) is 0 Å². The lowest BCUT2D eigenvalue weighted by Gasteiger charge is -2.18. The van der Waals surface area contributed by atoms with Crippen LogP contribution in [0.25, 0.3) is 0 Å². The molecular weight excluding hydrogens is 376 g/mol. The predicted octanol–water partition coefficient (Wildman–Crippen LogP) is 5.40. The fourth-order valence-electron chi connectivity index (χ4n) is 2.95. The maximum atomic E-state index is 12.6. The van der Waals surface area contributed by atoms with E-state index in [4.69, 9.17) is 20.9 Å². The van der Waals surface area contributed by atoms with Gasteiger partial charge in [0.1, 0.15) is 18.1 Å². The van der Waals surface area contributed by atoms with Gasteiger partial charge in [0.15, 0.2) is 0 Å². The first-order chi connectivity index (χ1) is 13.5. The molecule has 0 saturated carbocycles. The van der Waals surface area contributed by atoms with Crippen LogP contribution < -0.4 is 10.1 Å². The molecule has 1 amide bonds. The van der Waals surface area contributed by atoms with Crippen molar-refractivity contribution in [2.45, 2.75) is 39.8 Å². The zero-order valence-corrected chi connectivity index (χ0v) is 16.9. The van der Waals surface area contributed by atoms with E-state index in [0.29, 0.717) is 22.9 Å². The summed E-state index contributed by atoms with van der Waals surface area (Å²) >= 11 is 6.07. The number of carbonyl (C=O) groups excluding carboxylic acids is 1. The molecule has 0 aliphatic heterocycles. The molecule has 1 aromatic heterocycles. The Labute approximate surface area is 169 Å². The molecule has 1 heterocycles. The Balaban J connectivity index is 1.63. The third-order valence-electron chi connectivity index (χ3n) is 4.65. The van der Waals surface area contributed by atoms with E-state index < -0.39 is 0 Å². The van der Waals surface area contributed by atoms with Crippen LogP contribution in [-0.4, -0.2) is 11.1 Å². The van der Waals surface area contributed by atoms with E-state index in [2.05, 4.69) is 10.5 Å². The van der Waals surface area contributed by atoms with Gasteiger partial charge in [0, 0.05) is 10.6 Å². The molecule has 146 valence electrons. The summed E-state index contributed by atoms with van der Waals surface area (Å²) < 4.78 is 10.9. The van der Waals surface area contributed by atoms with Crippen molar-refractivity contribution in [2.24, 2.45) is 0 Å². The first-order valence-electron chi connectivity index (χ1n) is 9.19. The first-order valence-corrected chi connectivity index (χ1v) is 9.56. The molecule has 6 heteroatoms. The highest BCUT2D eigenvalue weighted by atomic mass is 35.5. The average molecular weight is 399 g/mol. The summed E-state index contributed by atoms with van der Waals surface area (Å²) in [5, 5.41) is 7.63. The van der Waals surface area contributed by atoms with E-state index in [1.165, 1.54) is 0 Å². The molecule has 0 bridgehead atoms. The highest BCUT2D eigenvalue weighted by Crippen LogP contribution is 2.22. The van der Waals surface area contributed by atoms with Crippen molar-refractivity contribution >= 4 is 17.5 Å². The summed E-state index contributed by atoms with van der Waals surface area (Å²) in [6.07, 6.45) is 0.769. The van der Waals surface area contributed by atoms with Gasteiger partial charge in [-0.05, 0) is 62.2 Å². The molecule has 0 saturated heterocycles. The zero-order valence-electron chi connectivity index (χ0n) is 16.2. The monoisotopic (exact) mass is 398 g/mol. The topological polar surface area (TPSA) is 64.4 Å². The van der Waals surface area contributed by atoms with Crippen LogP contribution in [0.15, 0.2) is 53.1 Å². The van der Waals surface area contributed by atoms with E-state index in [0.717, 1.165) is 29.0 Å². The van der Waals surface area contributed by atoms with E-state index >= 15 is 0 Å². The molecule has 0 aliphatic rings. The molecule has 28 heavy (non-hydrogen) atoms. The van der Waals surface area contributed by atoms with Crippen LogP contribution in [0.1, 0.15) is 52.3 Å². The third kappa shape index (κ3) is 4.73. The first kappa shape index (κ1) is 20.0. The van der Waals surface area contributed by atoms with Crippen LogP contribution >= 0.6 is 11.6 Å². The predicted molar refractivity (Wildman–Crippen MR) is 109 cm³/mol. The second-order valence-electron chi connectivity index (χ2n) is 6.61. The van der Waals surface area contributed by atoms with Crippen LogP contribution in [0, 0.1) is 13.8 Å². The van der Waals surface area contributed by atoms with Crippen LogP contribution in [0.3, 0.4) is 0 Å². The number of halogens is 1. The molecule has 1 atom stereocenters. The average Bonchev–Trinajstić information content (AvgIpc) is 3.02. The second-order valence-corrected chi connectivity index (χ2v) is 7.04. The standard InChI is InChI=1S/C22H23ClN2O3/c1-4-21(17-6-5-7-18(23)12-17)24-22(26)16-8-10-19(11-9-16)27-13-20-14(2)25-28-15(20)3/h5-12,21H,4,13H2,1-3H3,(H,24,26). The van der Waals surface area contributed by atoms with Crippen molar-refractivity contribution in [1.29, 1.82) is 0 Å². The Bertz CT molecular complexity index is 931. The quantitative estimate of drug-likeness (QED) is 0.578. The number of nitrogens with zero attached hydrogens (tertiary/aromatic N) is 1. The number of ether oxygens (including phenoxy) is 1. The number of benzene rings is 2. The number of nitrogens with one attached hydrogen (secondary N) is 1. The smallest absolute Gasteiger partial charge is 0.251 e. The van der Waals surface area contributed by atoms with Crippen molar-refractivity contribution in [1.82, 2.24) is 10.5 Å². The van der Waals surface area contributed by atoms with Gasteiger partial charge in [0.05, 0.1) is 17.3 Å². The maximum absolute atomic E-state index is 12.6. The van der Waals surface area contributed by atoms with Gasteiger partial charge in [-0.15, -0.1) is 0 Å². The number of carbonyl (C=O) groups is 1. The number of aromatic nitrogens is 1. The van der Waals surface area contributed by atoms with Crippen molar-refractivity contribution in [3.8, 4) is 5.75 Å². The lowest BCUT2D eigenvalue weighted by molar-refractivity contribution is 0.0935. The molecule has 0 fully saturated rings. The Morgan fingerprint density at radius 1 is 1.21 bits per heavy atom. The SMILES string of the molecule is CCC(NC(=O)c1ccc(OCc2c(C)noc2C)cc1)c1cccc(Cl)c1. The molecule has 1 unspecified atom stereocenters. The van der Waals surface area contributed by atoms with Gasteiger partial charge < -0.3 is 14.6 Å². The Morgan fingerprint density at radius 3 is 2.57 bits per heavy atom. The van der Waals surface area contributed by atoms with Crippen molar-refractivity contribution in [2.75, 3.05) is 0 Å². The van der Waals surface area contributed by atoms with Gasteiger partial charge in [-0.2, -0.15) is 0 Å². The molecule has 2 aromatic carbocycles. The van der Waals surface area contributed by atoms with Crippen molar-refractivity contribution in [3.05, 3.63) is 81.7 Å². The molecule has 5 nitrogen and oxygen atoms in total. The second kappa shape index (κ2) is 8.93. The van der Waals surface area contributed by atoms with Crippen molar-refractivity contribution < 1.29 is 14.1 Å². The fourth-order valence-corrected chi connectivity index (χ4v) is 3.15. The maximum Gasteiger partial charge on any atom is 0.251 e. The van der Waals surface area contributed by atoms with Gasteiger partial charge in [-0.1, -0.05) is 35.8 Å². The molecule has 0 spiro atoms. The number of amides is 1. The van der Waals surface area contributed by atoms with E-state index in [-0.39, 0.29) is 11.9 Å². The highest BCUT2D eigenvalue weighted by Gasteiger charge is 2.15. The van der Waals surface area contributed by atoms with Crippen molar-refractivity contribution in [3.63, 3.8) is 0 Å². The molecule has 1 N–H and O–H groups in total. The van der Waals surface area contributed by atoms with Gasteiger partial charge in [0.2, 0.25) is 0 Å². The summed E-state index contributed by atoms with van der Waals surface area (Å²) in [6.45, 7) is 6.14. The summed E-state index contributed by atoms with van der Waals surface area (Å²) in [5.41, 5.74) is 3.32. The largest absolute Gasteiger partial charge is 0.489 e. The summed E-state index contributed by atoms with van der Waals surface area (Å²) in [4.78, 5) is 12.6. The molecule has 3 aromatic rings. The minimum absolute atomic E-state index is 0.0957. The lowest BCUT2D eigenvalue weighted by Crippen LogP contribution is -2.28. The van der Waals surface area contributed by atoms with Crippen LogP contribution in [0.2, 0.25) is 5.02 Å². The molecule has 3 rings (SSSR count). The van der Waals surface area contributed by atoms with E-state index in [9.17, 15) is 4.79 Å². The van der Waals surface area contributed by atoms with Gasteiger partial charge in [0.25, 0.3) is 5.91 Å². The summed E-state index contributed by atoms with van der Waals surface area (Å²) in [6, 6.07) is 14.5. The Hall–Kier alpha value is -2.79. The number of hydrogen-bond acceptors (Lipinski definition) is 4. The van der Waals surface area contributed by atoms with Gasteiger partial charge in [-0.3, -0.25) is 4.79 Å². The molecule has 0 radical (unpaired) electrons. The summed E-state index contributed by atoms with van der Waals surface area (Å²) in [7, 11) is 0. The molecule has 0 aliphatic carbocycles. The van der Waals surface area contributed by atoms with Crippen LogP contribution in [0.5, 0.6) is 5.75 Å². The molecular formula is C22H23ClN2O3. The Morgan fingerprint density at radius 2 is 1.96 bits per heavy atom. The normalized spacial score (nSPS) is 11.9.